The molecule has 3 N–H and O–H groups in total. The van der Waals surface area contributed by atoms with Crippen molar-refractivity contribution in [2.75, 3.05) is 39.7 Å². The number of carbonyl (C=O) groups excluding carboxylic acids is 1. The molecule has 2 fully saturated rings. The maximum absolute atomic E-state index is 13.7. The summed E-state index contributed by atoms with van der Waals surface area (Å²) in [5.74, 6) is 0.750. The molecule has 0 unspecified atom stereocenters. The monoisotopic (exact) mass is 592 g/mol. The summed E-state index contributed by atoms with van der Waals surface area (Å²) in [6.45, 7) is 4.75. The Morgan fingerprint density at radius 3 is 2.59 bits per heavy atom. The Morgan fingerprint density at radius 1 is 1.07 bits per heavy atom. The van der Waals surface area contributed by atoms with Crippen LogP contribution < -0.4 is 14.8 Å². The van der Waals surface area contributed by atoms with Gasteiger partial charge in [-0.05, 0) is 42.2 Å². The lowest BCUT2D eigenvalue weighted by atomic mass is 10.0. The largest absolute Gasteiger partial charge is 0.508 e. The third-order valence-corrected chi connectivity index (χ3v) is 9.21. The van der Waals surface area contributed by atoms with E-state index in [1.165, 1.54) is 34.6 Å². The average Bonchev–Trinajstić information content (AvgIpc) is 3.67. The van der Waals surface area contributed by atoms with Crippen molar-refractivity contribution in [3.05, 3.63) is 48.0 Å². The molecule has 0 saturated carbocycles. The summed E-state index contributed by atoms with van der Waals surface area (Å²) < 4.78 is 56.1. The van der Waals surface area contributed by atoms with Gasteiger partial charge in [0.2, 0.25) is 16.8 Å². The fraction of sp³-hybridized carbons (Fsp3) is 0.536. The lowest BCUT2D eigenvalue weighted by Crippen LogP contribution is -2.51. The maximum Gasteiger partial charge on any atom is 0.407 e. The van der Waals surface area contributed by atoms with Crippen LogP contribution in [0.5, 0.6) is 17.2 Å². The van der Waals surface area contributed by atoms with Crippen LogP contribution in [-0.2, 0) is 30.7 Å². The van der Waals surface area contributed by atoms with E-state index < -0.39 is 34.4 Å². The zero-order valence-electron chi connectivity index (χ0n) is 23.0. The van der Waals surface area contributed by atoms with Gasteiger partial charge in [0.05, 0.1) is 48.9 Å². The van der Waals surface area contributed by atoms with Gasteiger partial charge in [0.25, 0.3) is 0 Å². The lowest BCUT2D eigenvalue weighted by Gasteiger charge is -2.31. The van der Waals surface area contributed by atoms with Crippen LogP contribution >= 0.6 is 0 Å². The molecule has 3 aliphatic rings. The Kier molecular flexibility index (Phi) is 8.90. The maximum atomic E-state index is 13.7. The first-order valence-corrected chi connectivity index (χ1v) is 15.1. The number of sulfonamides is 1. The molecule has 12 nitrogen and oxygen atoms in total. The highest BCUT2D eigenvalue weighted by Gasteiger charge is 2.44. The van der Waals surface area contributed by atoms with Crippen molar-refractivity contribution in [2.24, 2.45) is 11.8 Å². The van der Waals surface area contributed by atoms with E-state index >= 15 is 0 Å². The first-order chi connectivity index (χ1) is 19.6. The summed E-state index contributed by atoms with van der Waals surface area (Å²) in [6, 6.07) is 9.82. The predicted octanol–water partition coefficient (Wildman–Crippen LogP) is 1.88. The number of aromatic hydroxyl groups is 1. The first kappa shape index (κ1) is 29.4. The van der Waals surface area contributed by atoms with Gasteiger partial charge < -0.3 is 39.2 Å². The zero-order valence-corrected chi connectivity index (χ0v) is 23.8. The van der Waals surface area contributed by atoms with Crippen LogP contribution in [-0.4, -0.2) is 93.1 Å². The Bertz CT molecular complexity index is 1320. The second-order valence-corrected chi connectivity index (χ2v) is 12.9. The molecule has 0 aliphatic carbocycles. The number of amides is 1. The number of hydrogen-bond acceptors (Lipinski definition) is 10. The number of alkyl carbamates (subject to hydrolysis) is 1. The molecule has 1 amide bonds. The Balaban J connectivity index is 1.34. The highest BCUT2D eigenvalue weighted by atomic mass is 32.2. The minimum atomic E-state index is -4.05. The molecule has 2 aromatic carbocycles. The second kappa shape index (κ2) is 12.4. The highest BCUT2D eigenvalue weighted by molar-refractivity contribution is 7.89. The van der Waals surface area contributed by atoms with Gasteiger partial charge in [-0.1, -0.05) is 26.0 Å². The molecule has 3 aliphatic heterocycles. The molecule has 0 bridgehead atoms. The number of fused-ring (bicyclic) bond motifs is 2. The fourth-order valence-corrected chi connectivity index (χ4v) is 6.86. The van der Waals surface area contributed by atoms with Crippen molar-refractivity contribution in [1.82, 2.24) is 9.62 Å². The number of nitrogens with zero attached hydrogens (tertiary/aromatic N) is 1. The number of phenolic OH excluding ortho intramolecular Hbond substituents is 1. The highest BCUT2D eigenvalue weighted by Crippen LogP contribution is 2.35. The number of ether oxygens (including phenoxy) is 5. The molecule has 5 atom stereocenters. The van der Waals surface area contributed by atoms with Crippen LogP contribution in [0.4, 0.5) is 4.79 Å². The van der Waals surface area contributed by atoms with Crippen molar-refractivity contribution in [2.45, 2.75) is 49.5 Å². The van der Waals surface area contributed by atoms with E-state index in [-0.39, 0.29) is 61.5 Å². The van der Waals surface area contributed by atoms with Gasteiger partial charge in [-0.2, -0.15) is 4.31 Å². The number of benzene rings is 2. The number of rotatable bonds is 11. The van der Waals surface area contributed by atoms with Gasteiger partial charge in [-0.25, -0.2) is 13.2 Å². The third-order valence-electron chi connectivity index (χ3n) is 7.38. The van der Waals surface area contributed by atoms with Gasteiger partial charge in [0, 0.05) is 19.2 Å². The molecular weight excluding hydrogens is 556 g/mol. The van der Waals surface area contributed by atoms with E-state index in [2.05, 4.69) is 5.32 Å². The Hall–Kier alpha value is -3.10. The smallest absolute Gasteiger partial charge is 0.407 e. The summed E-state index contributed by atoms with van der Waals surface area (Å²) in [6.07, 6.45) is -2.49. The second-order valence-electron chi connectivity index (χ2n) is 10.9. The van der Waals surface area contributed by atoms with E-state index in [0.29, 0.717) is 24.7 Å². The molecular formula is C28H36N2O10S. The molecule has 0 radical (unpaired) electrons. The summed E-state index contributed by atoms with van der Waals surface area (Å²) in [7, 11) is -4.05. The predicted molar refractivity (Wildman–Crippen MR) is 145 cm³/mol. The normalized spacial score (nSPS) is 23.0. The topological polar surface area (TPSA) is 153 Å². The lowest BCUT2D eigenvalue weighted by molar-refractivity contribution is 0.0271. The van der Waals surface area contributed by atoms with Crippen molar-refractivity contribution >= 4 is 16.1 Å². The molecule has 13 heteroatoms. The molecule has 224 valence electrons. The molecule has 2 saturated heterocycles. The van der Waals surface area contributed by atoms with Crippen LogP contribution in [0.2, 0.25) is 0 Å². The number of hydrogen-bond donors (Lipinski definition) is 3. The first-order valence-electron chi connectivity index (χ1n) is 13.6. The molecule has 2 aromatic rings. The van der Waals surface area contributed by atoms with Crippen LogP contribution in [0, 0.1) is 11.8 Å². The molecule has 3 heterocycles. The van der Waals surface area contributed by atoms with Crippen LogP contribution in [0.3, 0.4) is 0 Å². The molecule has 5 rings (SSSR count). The van der Waals surface area contributed by atoms with E-state index in [0.717, 1.165) is 5.56 Å². The minimum Gasteiger partial charge on any atom is -0.508 e. The zero-order chi connectivity index (χ0) is 29.1. The van der Waals surface area contributed by atoms with Gasteiger partial charge >= 0.3 is 6.09 Å². The summed E-state index contributed by atoms with van der Waals surface area (Å²) in [4.78, 5) is 13.0. The number of carbonyl (C=O) groups is 1. The van der Waals surface area contributed by atoms with Crippen molar-refractivity contribution in [1.29, 1.82) is 0 Å². The van der Waals surface area contributed by atoms with E-state index in [4.69, 9.17) is 23.7 Å². The number of aliphatic hydroxyl groups is 1. The molecule has 41 heavy (non-hydrogen) atoms. The molecule has 0 spiro atoms. The Labute approximate surface area is 239 Å². The van der Waals surface area contributed by atoms with Gasteiger partial charge in [0.1, 0.15) is 11.9 Å². The minimum absolute atomic E-state index is 0.00613. The van der Waals surface area contributed by atoms with Crippen molar-refractivity contribution in [3.8, 4) is 17.2 Å². The SMILES string of the molecule is CC(C)CN(C[C@@H](O)[C@H](Cc1ccc(O)cc1)NC(=O)O[C@H]1CO[C@H]2COC[C@H]21)S(=O)(=O)c1ccc2c(c1)OCO2. The third kappa shape index (κ3) is 6.87. The van der Waals surface area contributed by atoms with E-state index in [1.54, 1.807) is 12.1 Å². The van der Waals surface area contributed by atoms with Gasteiger partial charge in [-0.3, -0.25) is 0 Å². The summed E-state index contributed by atoms with van der Waals surface area (Å²) >= 11 is 0. The van der Waals surface area contributed by atoms with Crippen LogP contribution in [0.15, 0.2) is 47.4 Å². The number of aliphatic hydroxyl groups excluding tert-OH is 1. The van der Waals surface area contributed by atoms with Gasteiger partial charge in [0.15, 0.2) is 11.5 Å². The summed E-state index contributed by atoms with van der Waals surface area (Å²) in [5, 5.41) is 23.8. The molecule has 0 aromatic heterocycles. The van der Waals surface area contributed by atoms with Gasteiger partial charge in [-0.15, -0.1) is 0 Å². The number of nitrogens with one attached hydrogen (secondary N) is 1. The van der Waals surface area contributed by atoms with E-state index in [9.17, 15) is 23.4 Å². The van der Waals surface area contributed by atoms with E-state index in [1.807, 2.05) is 13.8 Å². The van der Waals surface area contributed by atoms with Crippen molar-refractivity contribution < 1.29 is 47.1 Å². The summed E-state index contributed by atoms with van der Waals surface area (Å²) in [5.41, 5.74) is 0.717. The average molecular weight is 593 g/mol. The fourth-order valence-electron chi connectivity index (χ4n) is 5.23. The standard InChI is InChI=1S/C28H36N2O10S/c1-17(2)11-30(41(34,35)20-7-8-24-25(10-20)39-16-38-24)12-23(32)22(9-18-3-5-19(31)6-4-18)29-28(33)40-27-15-37-26-14-36-13-21(26)27/h3-8,10,17,21-23,26-27,31-32H,9,11-16H2,1-2H3,(H,29,33)/t21-,22+,23-,26+,27+/m1/s1. The Morgan fingerprint density at radius 2 is 1.83 bits per heavy atom. The number of phenols is 1. The quantitative estimate of drug-likeness (QED) is 0.353. The van der Waals surface area contributed by atoms with Crippen LogP contribution in [0.1, 0.15) is 19.4 Å². The van der Waals surface area contributed by atoms with Crippen molar-refractivity contribution in [3.63, 3.8) is 0 Å². The van der Waals surface area contributed by atoms with Crippen LogP contribution in [0.25, 0.3) is 0 Å².